The zero-order valence-corrected chi connectivity index (χ0v) is 8.54. The van der Waals surface area contributed by atoms with E-state index in [0.29, 0.717) is 11.5 Å². The number of H-pyrrole nitrogens is 2. The zero-order valence-electron chi connectivity index (χ0n) is 8.54. The van der Waals surface area contributed by atoms with Crippen LogP contribution in [0.2, 0.25) is 0 Å². The predicted octanol–water partition coefficient (Wildman–Crippen LogP) is 0.815. The van der Waals surface area contributed by atoms with E-state index in [1.165, 1.54) is 0 Å². The largest absolute Gasteiger partial charge is 0.439 e. The quantitative estimate of drug-likeness (QED) is 0.677. The SMILES string of the molecule is O=c1[nH]c(-c2cc(-c3cccnc3)n[nH]2)no1. The van der Waals surface area contributed by atoms with Gasteiger partial charge in [0.25, 0.3) is 0 Å². The fourth-order valence-electron chi connectivity index (χ4n) is 1.45. The summed E-state index contributed by atoms with van der Waals surface area (Å²) in [5, 5.41) is 10.4. The van der Waals surface area contributed by atoms with Crippen molar-refractivity contribution in [3.8, 4) is 22.8 Å². The lowest BCUT2D eigenvalue weighted by atomic mass is 10.2. The van der Waals surface area contributed by atoms with Crippen LogP contribution in [0.1, 0.15) is 0 Å². The Hall–Kier alpha value is -2.70. The summed E-state index contributed by atoms with van der Waals surface area (Å²) < 4.78 is 4.41. The molecule has 7 nitrogen and oxygen atoms in total. The topological polar surface area (TPSA) is 100 Å². The maximum atomic E-state index is 10.8. The van der Waals surface area contributed by atoms with E-state index in [0.717, 1.165) is 11.3 Å². The number of hydrogen-bond donors (Lipinski definition) is 2. The van der Waals surface area contributed by atoms with Gasteiger partial charge in [-0.25, -0.2) is 4.79 Å². The third-order valence-electron chi connectivity index (χ3n) is 2.23. The van der Waals surface area contributed by atoms with Crippen LogP contribution in [0.4, 0.5) is 0 Å². The van der Waals surface area contributed by atoms with Crippen molar-refractivity contribution < 1.29 is 4.52 Å². The first kappa shape index (κ1) is 9.52. The Morgan fingerprint density at radius 2 is 2.29 bits per heavy atom. The molecule has 3 heterocycles. The van der Waals surface area contributed by atoms with E-state index >= 15 is 0 Å². The molecule has 7 heteroatoms. The summed E-state index contributed by atoms with van der Waals surface area (Å²) in [6, 6.07) is 5.46. The van der Waals surface area contributed by atoms with Gasteiger partial charge in [0.1, 0.15) is 5.69 Å². The van der Waals surface area contributed by atoms with Gasteiger partial charge < -0.3 is 0 Å². The molecule has 0 amide bonds. The molecule has 3 rings (SSSR count). The molecule has 0 saturated carbocycles. The van der Waals surface area contributed by atoms with Crippen molar-refractivity contribution in [2.45, 2.75) is 0 Å². The molecule has 0 atom stereocenters. The van der Waals surface area contributed by atoms with Gasteiger partial charge in [-0.3, -0.25) is 19.6 Å². The number of aromatic nitrogens is 5. The second kappa shape index (κ2) is 3.71. The first-order valence-electron chi connectivity index (χ1n) is 4.85. The molecule has 0 aliphatic rings. The first-order chi connectivity index (χ1) is 8.33. The van der Waals surface area contributed by atoms with Crippen LogP contribution < -0.4 is 5.76 Å². The second-order valence-electron chi connectivity index (χ2n) is 3.35. The summed E-state index contributed by atoms with van der Waals surface area (Å²) in [5.41, 5.74) is 2.17. The maximum Gasteiger partial charge on any atom is 0.439 e. The summed E-state index contributed by atoms with van der Waals surface area (Å²) in [6.45, 7) is 0. The molecule has 0 aliphatic heterocycles. The van der Waals surface area contributed by atoms with Crippen LogP contribution in [0, 0.1) is 0 Å². The molecule has 3 aromatic heterocycles. The third-order valence-corrected chi connectivity index (χ3v) is 2.23. The minimum Gasteiger partial charge on any atom is -0.296 e. The lowest BCUT2D eigenvalue weighted by Gasteiger charge is -1.91. The number of aromatic amines is 2. The molecule has 0 bridgehead atoms. The van der Waals surface area contributed by atoms with Crippen molar-refractivity contribution in [3.05, 3.63) is 41.1 Å². The highest BCUT2D eigenvalue weighted by Crippen LogP contribution is 2.19. The highest BCUT2D eigenvalue weighted by Gasteiger charge is 2.09. The summed E-state index contributed by atoms with van der Waals surface area (Å²) in [6.07, 6.45) is 3.39. The van der Waals surface area contributed by atoms with E-state index in [-0.39, 0.29) is 0 Å². The van der Waals surface area contributed by atoms with Gasteiger partial charge in [-0.1, -0.05) is 5.16 Å². The molecule has 17 heavy (non-hydrogen) atoms. The second-order valence-corrected chi connectivity index (χ2v) is 3.35. The molecule has 0 unspecified atom stereocenters. The summed E-state index contributed by atoms with van der Waals surface area (Å²) in [5.74, 6) is -0.282. The van der Waals surface area contributed by atoms with Gasteiger partial charge in [-0.2, -0.15) is 5.10 Å². The highest BCUT2D eigenvalue weighted by atomic mass is 16.5. The third kappa shape index (κ3) is 1.73. The van der Waals surface area contributed by atoms with Crippen LogP contribution in [0.3, 0.4) is 0 Å². The van der Waals surface area contributed by atoms with Gasteiger partial charge >= 0.3 is 5.76 Å². The monoisotopic (exact) mass is 229 g/mol. The van der Waals surface area contributed by atoms with Crippen molar-refractivity contribution in [1.29, 1.82) is 0 Å². The molecule has 0 spiro atoms. The molecular formula is C10H7N5O2. The average Bonchev–Trinajstić information content (AvgIpc) is 2.98. The number of nitrogens with one attached hydrogen (secondary N) is 2. The smallest absolute Gasteiger partial charge is 0.296 e. The van der Waals surface area contributed by atoms with E-state index in [1.807, 2.05) is 12.1 Å². The molecule has 0 saturated heterocycles. The molecule has 2 N–H and O–H groups in total. The molecule has 0 radical (unpaired) electrons. The molecular weight excluding hydrogens is 222 g/mol. The Morgan fingerprint density at radius 3 is 3.00 bits per heavy atom. The standard InChI is InChI=1S/C10H7N5O2/c16-10-12-9(15-17-10)8-4-7(13-14-8)6-2-1-3-11-5-6/h1-5H,(H,13,14)(H,12,15,16). The Balaban J connectivity index is 2.01. The van der Waals surface area contributed by atoms with Crippen molar-refractivity contribution in [2.75, 3.05) is 0 Å². The summed E-state index contributed by atoms with van der Waals surface area (Å²) >= 11 is 0. The fourth-order valence-corrected chi connectivity index (χ4v) is 1.45. The van der Waals surface area contributed by atoms with Crippen molar-refractivity contribution in [1.82, 2.24) is 25.3 Å². The molecule has 84 valence electrons. The normalized spacial score (nSPS) is 10.6. The van der Waals surface area contributed by atoms with Crippen LogP contribution in [-0.2, 0) is 0 Å². The van der Waals surface area contributed by atoms with Gasteiger partial charge in [0.05, 0.1) is 5.69 Å². The predicted molar refractivity (Wildman–Crippen MR) is 57.9 cm³/mol. The molecule has 3 aromatic rings. The van der Waals surface area contributed by atoms with Crippen molar-refractivity contribution in [2.24, 2.45) is 0 Å². The number of nitrogens with zero attached hydrogens (tertiary/aromatic N) is 3. The summed E-state index contributed by atoms with van der Waals surface area (Å²) in [7, 11) is 0. The first-order valence-corrected chi connectivity index (χ1v) is 4.85. The van der Waals surface area contributed by atoms with Crippen molar-refractivity contribution in [3.63, 3.8) is 0 Å². The van der Waals surface area contributed by atoms with E-state index in [1.54, 1.807) is 18.5 Å². The lowest BCUT2D eigenvalue weighted by molar-refractivity contribution is 0.387. The zero-order chi connectivity index (χ0) is 11.7. The number of hydrogen-bond acceptors (Lipinski definition) is 5. The van der Waals surface area contributed by atoms with Crippen LogP contribution in [0.25, 0.3) is 22.8 Å². The van der Waals surface area contributed by atoms with Gasteiger partial charge in [0.2, 0.25) is 5.82 Å². The van der Waals surface area contributed by atoms with E-state index in [4.69, 9.17) is 0 Å². The van der Waals surface area contributed by atoms with Gasteiger partial charge in [-0.05, 0) is 18.2 Å². The average molecular weight is 229 g/mol. The van der Waals surface area contributed by atoms with E-state index in [9.17, 15) is 4.79 Å². The number of rotatable bonds is 2. The lowest BCUT2D eigenvalue weighted by Crippen LogP contribution is -1.94. The van der Waals surface area contributed by atoms with Gasteiger partial charge in [0.15, 0.2) is 0 Å². The molecule has 0 fully saturated rings. The molecule has 0 aromatic carbocycles. The van der Waals surface area contributed by atoms with Crippen LogP contribution >= 0.6 is 0 Å². The van der Waals surface area contributed by atoms with E-state index < -0.39 is 5.76 Å². The van der Waals surface area contributed by atoms with Crippen molar-refractivity contribution >= 4 is 0 Å². The fraction of sp³-hybridized carbons (Fsp3) is 0. The maximum absolute atomic E-state index is 10.8. The van der Waals surface area contributed by atoms with Gasteiger partial charge in [-0.15, -0.1) is 0 Å². The Morgan fingerprint density at radius 1 is 1.35 bits per heavy atom. The minimum atomic E-state index is -0.600. The number of pyridine rings is 1. The Labute approximate surface area is 94.5 Å². The highest BCUT2D eigenvalue weighted by molar-refractivity contribution is 5.63. The van der Waals surface area contributed by atoms with Gasteiger partial charge in [0, 0.05) is 18.0 Å². The Kier molecular flexibility index (Phi) is 2.08. The van der Waals surface area contributed by atoms with Crippen LogP contribution in [0.15, 0.2) is 39.9 Å². The Bertz CT molecular complexity index is 682. The minimum absolute atomic E-state index is 0.317. The van der Waals surface area contributed by atoms with E-state index in [2.05, 4.69) is 29.8 Å². The summed E-state index contributed by atoms with van der Waals surface area (Å²) in [4.78, 5) is 17.2. The van der Waals surface area contributed by atoms with Crippen LogP contribution in [-0.4, -0.2) is 25.3 Å². The van der Waals surface area contributed by atoms with Crippen LogP contribution in [0.5, 0.6) is 0 Å². The molecule has 0 aliphatic carbocycles.